The van der Waals surface area contributed by atoms with Crippen LogP contribution in [0.3, 0.4) is 0 Å². The standard InChI is InChI=1S/C15H20Cl2N2/c1-2-12-8-18-14(10-3-4-10)9-19(12)15-6-5-11(16)7-13(15)17/h5-7,10,12,14,18H,2-4,8-9H2,1H3. The van der Waals surface area contributed by atoms with Crippen LogP contribution in [0.4, 0.5) is 5.69 Å². The number of nitrogens with zero attached hydrogens (tertiary/aromatic N) is 1. The molecule has 2 nitrogen and oxygen atoms in total. The predicted octanol–water partition coefficient (Wildman–Crippen LogP) is 3.96. The van der Waals surface area contributed by atoms with E-state index in [-0.39, 0.29) is 0 Å². The summed E-state index contributed by atoms with van der Waals surface area (Å²) in [6.07, 6.45) is 3.87. The van der Waals surface area contributed by atoms with E-state index in [9.17, 15) is 0 Å². The Balaban J connectivity index is 1.85. The summed E-state index contributed by atoms with van der Waals surface area (Å²) < 4.78 is 0. The molecule has 4 heteroatoms. The number of halogens is 2. The summed E-state index contributed by atoms with van der Waals surface area (Å²) in [6.45, 7) is 4.35. The van der Waals surface area contributed by atoms with Gasteiger partial charge in [0, 0.05) is 30.2 Å². The zero-order valence-electron chi connectivity index (χ0n) is 11.2. The van der Waals surface area contributed by atoms with Crippen molar-refractivity contribution in [1.29, 1.82) is 0 Å². The van der Waals surface area contributed by atoms with Gasteiger partial charge in [0.25, 0.3) is 0 Å². The lowest BCUT2D eigenvalue weighted by atomic mass is 10.0. The third kappa shape index (κ3) is 2.86. The van der Waals surface area contributed by atoms with Gasteiger partial charge in [0.2, 0.25) is 0 Å². The van der Waals surface area contributed by atoms with Gasteiger partial charge in [0.05, 0.1) is 10.7 Å². The molecule has 0 amide bonds. The van der Waals surface area contributed by atoms with Crippen molar-refractivity contribution in [3.05, 3.63) is 28.2 Å². The number of hydrogen-bond donors (Lipinski definition) is 1. The van der Waals surface area contributed by atoms with E-state index in [0.29, 0.717) is 17.1 Å². The Kier molecular flexibility index (Phi) is 3.93. The molecule has 1 aliphatic heterocycles. The zero-order chi connectivity index (χ0) is 13.4. The number of rotatable bonds is 3. The molecule has 1 saturated heterocycles. The van der Waals surface area contributed by atoms with Crippen LogP contribution in [0.5, 0.6) is 0 Å². The van der Waals surface area contributed by atoms with E-state index in [0.717, 1.165) is 36.1 Å². The molecule has 3 rings (SSSR count). The van der Waals surface area contributed by atoms with Crippen molar-refractivity contribution in [2.75, 3.05) is 18.0 Å². The Morgan fingerprint density at radius 2 is 2.11 bits per heavy atom. The van der Waals surface area contributed by atoms with Crippen molar-refractivity contribution in [1.82, 2.24) is 5.32 Å². The van der Waals surface area contributed by atoms with Gasteiger partial charge in [-0.15, -0.1) is 0 Å². The molecule has 1 N–H and O–H groups in total. The first kappa shape index (κ1) is 13.5. The Bertz CT molecular complexity index is 459. The van der Waals surface area contributed by atoms with E-state index in [2.05, 4.69) is 23.2 Å². The molecule has 2 unspecified atom stereocenters. The quantitative estimate of drug-likeness (QED) is 0.909. The van der Waals surface area contributed by atoms with Gasteiger partial charge >= 0.3 is 0 Å². The van der Waals surface area contributed by atoms with Crippen LogP contribution in [-0.2, 0) is 0 Å². The number of benzene rings is 1. The lowest BCUT2D eigenvalue weighted by Gasteiger charge is -2.42. The summed E-state index contributed by atoms with van der Waals surface area (Å²) in [7, 11) is 0. The molecule has 0 bridgehead atoms. The number of anilines is 1. The maximum Gasteiger partial charge on any atom is 0.0654 e. The van der Waals surface area contributed by atoms with E-state index >= 15 is 0 Å². The summed E-state index contributed by atoms with van der Waals surface area (Å²) in [4.78, 5) is 2.47. The summed E-state index contributed by atoms with van der Waals surface area (Å²) in [5.74, 6) is 0.867. The maximum absolute atomic E-state index is 6.38. The fourth-order valence-electron chi connectivity index (χ4n) is 3.01. The van der Waals surface area contributed by atoms with Crippen molar-refractivity contribution in [3.8, 4) is 0 Å². The van der Waals surface area contributed by atoms with E-state index in [1.54, 1.807) is 0 Å². The highest BCUT2D eigenvalue weighted by molar-refractivity contribution is 6.36. The summed E-state index contributed by atoms with van der Waals surface area (Å²) in [5.41, 5.74) is 1.13. The molecule has 1 aromatic carbocycles. The molecule has 19 heavy (non-hydrogen) atoms. The molecular formula is C15H20Cl2N2. The fraction of sp³-hybridized carbons (Fsp3) is 0.600. The maximum atomic E-state index is 6.38. The molecule has 0 spiro atoms. The van der Waals surface area contributed by atoms with Gasteiger partial charge in [0.1, 0.15) is 0 Å². The third-order valence-corrected chi connectivity index (χ3v) is 4.87. The summed E-state index contributed by atoms with van der Waals surface area (Å²) in [5, 5.41) is 5.17. The van der Waals surface area contributed by atoms with Crippen molar-refractivity contribution < 1.29 is 0 Å². The smallest absolute Gasteiger partial charge is 0.0654 e. The highest BCUT2D eigenvalue weighted by atomic mass is 35.5. The average Bonchev–Trinajstić information content (AvgIpc) is 3.22. The first-order valence-corrected chi connectivity index (χ1v) is 7.89. The Labute approximate surface area is 125 Å². The van der Waals surface area contributed by atoms with Crippen LogP contribution in [-0.4, -0.2) is 25.2 Å². The predicted molar refractivity (Wildman–Crippen MR) is 82.4 cm³/mol. The van der Waals surface area contributed by atoms with Gasteiger partial charge < -0.3 is 10.2 Å². The zero-order valence-corrected chi connectivity index (χ0v) is 12.7. The van der Waals surface area contributed by atoms with Crippen molar-refractivity contribution >= 4 is 28.9 Å². The van der Waals surface area contributed by atoms with Crippen LogP contribution < -0.4 is 10.2 Å². The van der Waals surface area contributed by atoms with Gasteiger partial charge in [0.15, 0.2) is 0 Å². The first-order chi connectivity index (χ1) is 9.19. The SMILES string of the molecule is CCC1CNC(C2CC2)CN1c1ccc(Cl)cc1Cl. The van der Waals surface area contributed by atoms with E-state index < -0.39 is 0 Å². The van der Waals surface area contributed by atoms with Gasteiger partial charge in [-0.05, 0) is 43.4 Å². The minimum atomic E-state index is 0.522. The van der Waals surface area contributed by atoms with Crippen LogP contribution in [0.25, 0.3) is 0 Å². The molecule has 2 atom stereocenters. The number of nitrogens with one attached hydrogen (secondary N) is 1. The third-order valence-electron chi connectivity index (χ3n) is 4.33. The van der Waals surface area contributed by atoms with E-state index in [4.69, 9.17) is 23.2 Å². The minimum Gasteiger partial charge on any atom is -0.365 e. The molecule has 0 radical (unpaired) electrons. The number of piperazine rings is 1. The molecular weight excluding hydrogens is 279 g/mol. The van der Waals surface area contributed by atoms with Gasteiger partial charge in [-0.2, -0.15) is 0 Å². The largest absolute Gasteiger partial charge is 0.365 e. The summed E-state index contributed by atoms with van der Waals surface area (Å²) >= 11 is 12.4. The lowest BCUT2D eigenvalue weighted by molar-refractivity contribution is 0.360. The highest BCUT2D eigenvalue weighted by Gasteiger charge is 2.37. The van der Waals surface area contributed by atoms with Crippen LogP contribution in [0.1, 0.15) is 26.2 Å². The van der Waals surface area contributed by atoms with Crippen molar-refractivity contribution in [3.63, 3.8) is 0 Å². The molecule has 1 saturated carbocycles. The topological polar surface area (TPSA) is 15.3 Å². The van der Waals surface area contributed by atoms with Crippen molar-refractivity contribution in [2.45, 2.75) is 38.3 Å². The molecule has 2 fully saturated rings. The van der Waals surface area contributed by atoms with Gasteiger partial charge in [-0.1, -0.05) is 30.1 Å². The minimum absolute atomic E-state index is 0.522. The normalized spacial score (nSPS) is 27.6. The van der Waals surface area contributed by atoms with Gasteiger partial charge in [-0.25, -0.2) is 0 Å². The van der Waals surface area contributed by atoms with E-state index in [1.165, 1.54) is 12.8 Å². The molecule has 2 aliphatic rings. The van der Waals surface area contributed by atoms with Gasteiger partial charge in [-0.3, -0.25) is 0 Å². The number of hydrogen-bond acceptors (Lipinski definition) is 2. The molecule has 1 heterocycles. The second-order valence-electron chi connectivity index (χ2n) is 5.66. The second kappa shape index (κ2) is 5.51. The van der Waals surface area contributed by atoms with E-state index in [1.807, 2.05) is 12.1 Å². The average molecular weight is 299 g/mol. The molecule has 1 aliphatic carbocycles. The summed E-state index contributed by atoms with van der Waals surface area (Å²) in [6, 6.07) is 6.98. The van der Waals surface area contributed by atoms with Crippen LogP contribution >= 0.6 is 23.2 Å². The monoisotopic (exact) mass is 298 g/mol. The van der Waals surface area contributed by atoms with Crippen LogP contribution in [0.2, 0.25) is 10.0 Å². The second-order valence-corrected chi connectivity index (χ2v) is 6.51. The van der Waals surface area contributed by atoms with Crippen molar-refractivity contribution in [2.24, 2.45) is 5.92 Å². The highest BCUT2D eigenvalue weighted by Crippen LogP contribution is 2.37. The fourth-order valence-corrected chi connectivity index (χ4v) is 3.53. The molecule has 0 aromatic heterocycles. The van der Waals surface area contributed by atoms with Crippen LogP contribution in [0.15, 0.2) is 18.2 Å². The lowest BCUT2D eigenvalue weighted by Crippen LogP contribution is -2.57. The molecule has 1 aromatic rings. The first-order valence-electron chi connectivity index (χ1n) is 7.14. The van der Waals surface area contributed by atoms with Crippen LogP contribution in [0, 0.1) is 5.92 Å². The Morgan fingerprint density at radius 3 is 2.74 bits per heavy atom. The Morgan fingerprint density at radius 1 is 1.32 bits per heavy atom. The molecule has 104 valence electrons. The Hall–Kier alpha value is -0.440.